The van der Waals surface area contributed by atoms with Crippen LogP contribution in [0.4, 0.5) is 0 Å². The van der Waals surface area contributed by atoms with E-state index < -0.39 is 0 Å². The van der Waals surface area contributed by atoms with Crippen LogP contribution in [0.3, 0.4) is 0 Å². The standard InChI is InChI=1S/C10H19N3O/c1-7(2)10-11-9(6-14-5)12-13(10)8(3)4/h7-8H,6H2,1-5H3. The molecule has 0 fully saturated rings. The predicted molar refractivity (Wildman–Crippen MR) is 55.2 cm³/mol. The zero-order valence-electron chi connectivity index (χ0n) is 9.61. The minimum Gasteiger partial charge on any atom is -0.377 e. The summed E-state index contributed by atoms with van der Waals surface area (Å²) in [4.78, 5) is 4.45. The first kappa shape index (κ1) is 11.2. The fourth-order valence-corrected chi connectivity index (χ4v) is 1.35. The molecule has 0 bridgehead atoms. The summed E-state index contributed by atoms with van der Waals surface area (Å²) >= 11 is 0. The smallest absolute Gasteiger partial charge is 0.176 e. The SMILES string of the molecule is COCc1nc(C(C)C)n(C(C)C)n1. The third-order valence-electron chi connectivity index (χ3n) is 1.98. The van der Waals surface area contributed by atoms with Gasteiger partial charge in [0.25, 0.3) is 0 Å². The highest BCUT2D eigenvalue weighted by Crippen LogP contribution is 2.16. The van der Waals surface area contributed by atoms with E-state index in [4.69, 9.17) is 4.74 Å². The second-order valence-electron chi connectivity index (χ2n) is 4.01. The lowest BCUT2D eigenvalue weighted by Crippen LogP contribution is -2.09. The monoisotopic (exact) mass is 197 g/mol. The van der Waals surface area contributed by atoms with E-state index in [9.17, 15) is 0 Å². The zero-order valence-corrected chi connectivity index (χ0v) is 9.61. The second-order valence-corrected chi connectivity index (χ2v) is 4.01. The van der Waals surface area contributed by atoms with E-state index in [-0.39, 0.29) is 0 Å². The van der Waals surface area contributed by atoms with Gasteiger partial charge < -0.3 is 4.74 Å². The maximum absolute atomic E-state index is 5.02. The summed E-state index contributed by atoms with van der Waals surface area (Å²) in [7, 11) is 1.66. The van der Waals surface area contributed by atoms with Crippen LogP contribution in [0.2, 0.25) is 0 Å². The van der Waals surface area contributed by atoms with Gasteiger partial charge in [-0.2, -0.15) is 5.10 Å². The van der Waals surface area contributed by atoms with Gasteiger partial charge in [-0.1, -0.05) is 13.8 Å². The molecule has 0 aliphatic rings. The summed E-state index contributed by atoms with van der Waals surface area (Å²) in [6.07, 6.45) is 0. The van der Waals surface area contributed by atoms with Crippen molar-refractivity contribution >= 4 is 0 Å². The van der Waals surface area contributed by atoms with Crippen molar-refractivity contribution in [2.75, 3.05) is 7.11 Å². The van der Waals surface area contributed by atoms with Crippen molar-refractivity contribution in [2.24, 2.45) is 0 Å². The normalized spacial score (nSPS) is 11.6. The fourth-order valence-electron chi connectivity index (χ4n) is 1.35. The minimum atomic E-state index is 0.352. The summed E-state index contributed by atoms with van der Waals surface area (Å²) in [6.45, 7) is 8.95. The highest BCUT2D eigenvalue weighted by atomic mass is 16.5. The molecule has 14 heavy (non-hydrogen) atoms. The molecular formula is C10H19N3O. The molecule has 0 aromatic carbocycles. The summed E-state index contributed by atoms with van der Waals surface area (Å²) in [5.41, 5.74) is 0. The lowest BCUT2D eigenvalue weighted by atomic mass is 10.2. The Kier molecular flexibility index (Phi) is 3.63. The molecule has 1 rings (SSSR count). The Morgan fingerprint density at radius 1 is 1.29 bits per heavy atom. The maximum atomic E-state index is 5.02. The van der Waals surface area contributed by atoms with E-state index in [2.05, 4.69) is 37.8 Å². The quantitative estimate of drug-likeness (QED) is 0.742. The van der Waals surface area contributed by atoms with E-state index in [1.54, 1.807) is 7.11 Å². The zero-order chi connectivity index (χ0) is 10.7. The van der Waals surface area contributed by atoms with Crippen LogP contribution in [-0.4, -0.2) is 21.9 Å². The van der Waals surface area contributed by atoms with Crippen molar-refractivity contribution in [2.45, 2.75) is 46.3 Å². The predicted octanol–water partition coefficient (Wildman–Crippen LogP) is 2.13. The van der Waals surface area contributed by atoms with Gasteiger partial charge in [-0.15, -0.1) is 0 Å². The van der Waals surface area contributed by atoms with Crippen LogP contribution in [0.5, 0.6) is 0 Å². The van der Waals surface area contributed by atoms with Crippen molar-refractivity contribution < 1.29 is 4.74 Å². The number of nitrogens with zero attached hydrogens (tertiary/aromatic N) is 3. The topological polar surface area (TPSA) is 39.9 Å². The number of hydrogen-bond donors (Lipinski definition) is 0. The molecule has 1 aromatic heterocycles. The summed E-state index contributed by atoms with van der Waals surface area (Å²) < 4.78 is 6.99. The Bertz CT molecular complexity index is 266. The van der Waals surface area contributed by atoms with E-state index in [0.29, 0.717) is 18.6 Å². The third kappa shape index (κ3) is 2.32. The molecule has 0 saturated heterocycles. The molecule has 0 unspecified atom stereocenters. The van der Waals surface area contributed by atoms with Crippen molar-refractivity contribution in [3.05, 3.63) is 11.6 Å². The molecule has 4 heteroatoms. The molecule has 4 nitrogen and oxygen atoms in total. The molecule has 0 amide bonds. The van der Waals surface area contributed by atoms with Crippen molar-refractivity contribution in [3.8, 4) is 0 Å². The van der Waals surface area contributed by atoms with Crippen LogP contribution in [0.25, 0.3) is 0 Å². The number of methoxy groups -OCH3 is 1. The first-order valence-corrected chi connectivity index (χ1v) is 5.00. The number of hydrogen-bond acceptors (Lipinski definition) is 3. The van der Waals surface area contributed by atoms with E-state index in [1.807, 2.05) is 4.68 Å². The van der Waals surface area contributed by atoms with E-state index >= 15 is 0 Å². The van der Waals surface area contributed by atoms with Crippen molar-refractivity contribution in [1.82, 2.24) is 14.8 Å². The van der Waals surface area contributed by atoms with E-state index in [1.165, 1.54) is 0 Å². The lowest BCUT2D eigenvalue weighted by molar-refractivity contribution is 0.177. The Labute approximate surface area is 85.3 Å². The molecule has 1 heterocycles. The van der Waals surface area contributed by atoms with Crippen LogP contribution >= 0.6 is 0 Å². The van der Waals surface area contributed by atoms with Gasteiger partial charge >= 0.3 is 0 Å². The highest BCUT2D eigenvalue weighted by molar-refractivity contribution is 4.98. The van der Waals surface area contributed by atoms with Crippen LogP contribution in [0.15, 0.2) is 0 Å². The Hall–Kier alpha value is -0.900. The van der Waals surface area contributed by atoms with Crippen molar-refractivity contribution in [1.29, 1.82) is 0 Å². The van der Waals surface area contributed by atoms with Gasteiger partial charge in [-0.3, -0.25) is 0 Å². The molecule has 80 valence electrons. The van der Waals surface area contributed by atoms with Crippen molar-refractivity contribution in [3.63, 3.8) is 0 Å². The average molecular weight is 197 g/mol. The van der Waals surface area contributed by atoms with Gasteiger partial charge in [0, 0.05) is 19.1 Å². The highest BCUT2D eigenvalue weighted by Gasteiger charge is 2.14. The molecule has 0 radical (unpaired) electrons. The fraction of sp³-hybridized carbons (Fsp3) is 0.800. The Morgan fingerprint density at radius 3 is 2.29 bits per heavy atom. The molecule has 0 atom stereocenters. The van der Waals surface area contributed by atoms with Crippen LogP contribution in [-0.2, 0) is 11.3 Å². The minimum absolute atomic E-state index is 0.352. The molecular weight excluding hydrogens is 178 g/mol. The number of ether oxygens (including phenoxy) is 1. The van der Waals surface area contributed by atoms with Crippen LogP contribution in [0.1, 0.15) is 51.3 Å². The summed E-state index contributed by atoms with van der Waals surface area (Å²) in [5, 5.41) is 4.40. The third-order valence-corrected chi connectivity index (χ3v) is 1.98. The first-order valence-electron chi connectivity index (χ1n) is 5.00. The average Bonchev–Trinajstić information content (AvgIpc) is 2.49. The molecule has 0 N–H and O–H groups in total. The molecule has 1 aromatic rings. The number of aromatic nitrogens is 3. The van der Waals surface area contributed by atoms with Gasteiger partial charge in [0.2, 0.25) is 0 Å². The Morgan fingerprint density at radius 2 is 1.93 bits per heavy atom. The largest absolute Gasteiger partial charge is 0.377 e. The lowest BCUT2D eigenvalue weighted by Gasteiger charge is -2.10. The first-order chi connectivity index (χ1) is 6.56. The van der Waals surface area contributed by atoms with Gasteiger partial charge in [-0.05, 0) is 13.8 Å². The summed E-state index contributed by atoms with van der Waals surface area (Å²) in [6, 6.07) is 0.352. The molecule has 0 aliphatic carbocycles. The number of rotatable bonds is 4. The summed E-state index contributed by atoms with van der Waals surface area (Å²) in [5.74, 6) is 2.20. The van der Waals surface area contributed by atoms with E-state index in [0.717, 1.165) is 11.6 Å². The van der Waals surface area contributed by atoms with Gasteiger partial charge in [0.05, 0.1) is 0 Å². The molecule has 0 aliphatic heterocycles. The van der Waals surface area contributed by atoms with Crippen LogP contribution in [0, 0.1) is 0 Å². The Balaban J connectivity index is 3.00. The van der Waals surface area contributed by atoms with Gasteiger partial charge in [-0.25, -0.2) is 9.67 Å². The van der Waals surface area contributed by atoms with Gasteiger partial charge in [0.15, 0.2) is 5.82 Å². The second kappa shape index (κ2) is 4.55. The van der Waals surface area contributed by atoms with Crippen LogP contribution < -0.4 is 0 Å². The maximum Gasteiger partial charge on any atom is 0.176 e. The molecule has 0 spiro atoms. The molecule has 0 saturated carbocycles. The van der Waals surface area contributed by atoms with Gasteiger partial charge in [0.1, 0.15) is 12.4 Å².